The van der Waals surface area contributed by atoms with Gasteiger partial charge in [-0.3, -0.25) is 4.79 Å². The molecule has 0 bridgehead atoms. The van der Waals surface area contributed by atoms with E-state index >= 15 is 0 Å². The molecule has 0 unspecified atom stereocenters. The van der Waals surface area contributed by atoms with Gasteiger partial charge < -0.3 is 9.64 Å². The second-order valence-corrected chi connectivity index (χ2v) is 4.83. The van der Waals surface area contributed by atoms with Gasteiger partial charge in [0.1, 0.15) is 12.4 Å². The molecular formula is C19H23NO2. The Bertz CT molecular complexity index is 637. The average molecular weight is 297 g/mol. The molecular weight excluding hydrogens is 274 g/mol. The zero-order valence-corrected chi connectivity index (χ0v) is 13.5. The van der Waals surface area contributed by atoms with Crippen molar-refractivity contribution in [2.75, 3.05) is 18.1 Å². The largest absolute Gasteiger partial charge is 0.490 e. The maximum Gasteiger partial charge on any atom is 0.258 e. The monoisotopic (exact) mass is 297 g/mol. The molecule has 1 aliphatic heterocycles. The maximum atomic E-state index is 12.7. The molecule has 0 atom stereocenters. The first-order valence-corrected chi connectivity index (χ1v) is 7.92. The molecule has 1 heterocycles. The molecule has 1 amide bonds. The molecule has 2 aromatic carbocycles. The number of carbonyl (C=O) groups is 1. The molecule has 0 saturated carbocycles. The molecule has 0 saturated heterocycles. The van der Waals surface area contributed by atoms with Gasteiger partial charge in [-0.15, -0.1) is 0 Å². The van der Waals surface area contributed by atoms with Crippen molar-refractivity contribution < 1.29 is 9.53 Å². The van der Waals surface area contributed by atoms with E-state index in [0.717, 1.165) is 23.4 Å². The van der Waals surface area contributed by atoms with Gasteiger partial charge in [-0.2, -0.15) is 0 Å². The van der Waals surface area contributed by atoms with Gasteiger partial charge in [0.15, 0.2) is 0 Å². The molecule has 0 aromatic heterocycles. The molecule has 0 N–H and O–H groups in total. The predicted octanol–water partition coefficient (Wildman–Crippen LogP) is 4.31. The Labute approximate surface area is 132 Å². The Morgan fingerprint density at radius 2 is 1.91 bits per heavy atom. The zero-order valence-electron chi connectivity index (χ0n) is 13.5. The minimum atomic E-state index is 0.0380. The first-order chi connectivity index (χ1) is 10.8. The highest BCUT2D eigenvalue weighted by Gasteiger charge is 2.24. The maximum absolute atomic E-state index is 12.7. The summed E-state index contributed by atoms with van der Waals surface area (Å²) in [5.41, 5.74) is 2.77. The standard InChI is InChI=1S/C17H17NO2.C2H6/c1-2-13-6-5-7-14(12-13)17(19)18-10-11-20-16-9-4-3-8-15(16)18;1-2/h3-9,12H,2,10-11H2,1H3;1-2H3. The Morgan fingerprint density at radius 3 is 2.68 bits per heavy atom. The Morgan fingerprint density at radius 1 is 1.14 bits per heavy atom. The van der Waals surface area contributed by atoms with Gasteiger partial charge in [-0.25, -0.2) is 0 Å². The number of ether oxygens (including phenoxy) is 1. The third-order valence-electron chi connectivity index (χ3n) is 3.56. The summed E-state index contributed by atoms with van der Waals surface area (Å²) in [6.07, 6.45) is 0.931. The number of hydrogen-bond acceptors (Lipinski definition) is 2. The highest BCUT2D eigenvalue weighted by molar-refractivity contribution is 6.07. The van der Waals surface area contributed by atoms with E-state index in [4.69, 9.17) is 4.74 Å². The quantitative estimate of drug-likeness (QED) is 0.826. The van der Waals surface area contributed by atoms with Crippen molar-refractivity contribution >= 4 is 11.6 Å². The van der Waals surface area contributed by atoms with Crippen molar-refractivity contribution in [3.63, 3.8) is 0 Å². The summed E-state index contributed by atoms with van der Waals surface area (Å²) in [5, 5.41) is 0. The second-order valence-electron chi connectivity index (χ2n) is 4.83. The number of aryl methyl sites for hydroxylation is 1. The summed E-state index contributed by atoms with van der Waals surface area (Å²) in [6.45, 7) is 7.22. The minimum absolute atomic E-state index is 0.0380. The second kappa shape index (κ2) is 7.64. The summed E-state index contributed by atoms with van der Waals surface area (Å²) in [6, 6.07) is 15.5. The molecule has 2 aromatic rings. The van der Waals surface area contributed by atoms with Crippen LogP contribution in [0.1, 0.15) is 36.7 Å². The summed E-state index contributed by atoms with van der Waals surface area (Å²) in [4.78, 5) is 14.5. The Kier molecular flexibility index (Phi) is 5.59. The number of rotatable bonds is 2. The molecule has 3 heteroatoms. The molecule has 116 valence electrons. The van der Waals surface area contributed by atoms with Crippen LogP contribution in [0.25, 0.3) is 0 Å². The van der Waals surface area contributed by atoms with Crippen LogP contribution in [0.15, 0.2) is 48.5 Å². The van der Waals surface area contributed by atoms with Crippen LogP contribution in [0.5, 0.6) is 5.75 Å². The highest BCUT2D eigenvalue weighted by atomic mass is 16.5. The van der Waals surface area contributed by atoms with Crippen molar-refractivity contribution in [3.8, 4) is 5.75 Å². The van der Waals surface area contributed by atoms with Gasteiger partial charge in [0, 0.05) is 5.56 Å². The fourth-order valence-corrected chi connectivity index (χ4v) is 2.46. The van der Waals surface area contributed by atoms with Gasteiger partial charge in [0.2, 0.25) is 0 Å². The van der Waals surface area contributed by atoms with E-state index in [2.05, 4.69) is 6.92 Å². The normalized spacial score (nSPS) is 12.6. The van der Waals surface area contributed by atoms with Crippen molar-refractivity contribution in [2.24, 2.45) is 0 Å². The van der Waals surface area contributed by atoms with E-state index in [0.29, 0.717) is 13.2 Å². The molecule has 0 radical (unpaired) electrons. The predicted molar refractivity (Wildman–Crippen MR) is 90.8 cm³/mol. The molecule has 3 nitrogen and oxygen atoms in total. The summed E-state index contributed by atoms with van der Waals surface area (Å²) in [7, 11) is 0. The minimum Gasteiger partial charge on any atom is -0.490 e. The molecule has 0 fully saturated rings. The van der Waals surface area contributed by atoms with Crippen LogP contribution in [-0.4, -0.2) is 19.1 Å². The number of carbonyl (C=O) groups excluding carboxylic acids is 1. The zero-order chi connectivity index (χ0) is 15.9. The van der Waals surface area contributed by atoms with Crippen LogP contribution in [0.3, 0.4) is 0 Å². The number of fused-ring (bicyclic) bond motifs is 1. The topological polar surface area (TPSA) is 29.5 Å². The Hall–Kier alpha value is -2.29. The number of para-hydroxylation sites is 2. The van der Waals surface area contributed by atoms with Gasteiger partial charge in [0.05, 0.1) is 12.2 Å². The summed E-state index contributed by atoms with van der Waals surface area (Å²) >= 11 is 0. The number of amides is 1. The van der Waals surface area contributed by atoms with E-state index in [1.165, 1.54) is 5.56 Å². The van der Waals surface area contributed by atoms with Gasteiger partial charge in [-0.05, 0) is 36.2 Å². The molecule has 1 aliphatic rings. The lowest BCUT2D eigenvalue weighted by atomic mass is 10.1. The number of benzene rings is 2. The number of anilines is 1. The van der Waals surface area contributed by atoms with Gasteiger partial charge in [-0.1, -0.05) is 45.0 Å². The average Bonchev–Trinajstić information content (AvgIpc) is 2.62. The lowest BCUT2D eigenvalue weighted by Gasteiger charge is -2.29. The van der Waals surface area contributed by atoms with Crippen LogP contribution in [0.4, 0.5) is 5.69 Å². The van der Waals surface area contributed by atoms with E-state index in [1.54, 1.807) is 4.90 Å². The first kappa shape index (κ1) is 16.1. The van der Waals surface area contributed by atoms with E-state index in [9.17, 15) is 4.79 Å². The number of hydrogen-bond donors (Lipinski definition) is 0. The van der Waals surface area contributed by atoms with Gasteiger partial charge in [0.25, 0.3) is 5.91 Å². The van der Waals surface area contributed by atoms with Crippen LogP contribution in [-0.2, 0) is 6.42 Å². The SMILES string of the molecule is CC.CCc1cccc(C(=O)N2CCOc3ccccc32)c1. The lowest BCUT2D eigenvalue weighted by molar-refractivity contribution is 0.0976. The van der Waals surface area contributed by atoms with E-state index in [-0.39, 0.29) is 5.91 Å². The molecule has 0 aliphatic carbocycles. The van der Waals surface area contributed by atoms with Crippen molar-refractivity contribution in [2.45, 2.75) is 27.2 Å². The van der Waals surface area contributed by atoms with Gasteiger partial charge >= 0.3 is 0 Å². The van der Waals surface area contributed by atoms with Crippen LogP contribution < -0.4 is 9.64 Å². The first-order valence-electron chi connectivity index (χ1n) is 7.92. The van der Waals surface area contributed by atoms with Crippen molar-refractivity contribution in [3.05, 3.63) is 59.7 Å². The molecule has 22 heavy (non-hydrogen) atoms. The fourth-order valence-electron chi connectivity index (χ4n) is 2.46. The van der Waals surface area contributed by atoms with Crippen LogP contribution in [0, 0.1) is 0 Å². The van der Waals surface area contributed by atoms with Crippen molar-refractivity contribution in [1.82, 2.24) is 0 Å². The third kappa shape index (κ3) is 3.30. The van der Waals surface area contributed by atoms with Crippen LogP contribution in [0.2, 0.25) is 0 Å². The lowest BCUT2D eigenvalue weighted by Crippen LogP contribution is -2.37. The third-order valence-corrected chi connectivity index (χ3v) is 3.56. The molecule has 0 spiro atoms. The number of nitrogens with zero attached hydrogens (tertiary/aromatic N) is 1. The summed E-state index contributed by atoms with van der Waals surface area (Å²) < 4.78 is 5.59. The fraction of sp³-hybridized carbons (Fsp3) is 0.316. The summed E-state index contributed by atoms with van der Waals surface area (Å²) in [5.74, 6) is 0.815. The Balaban J connectivity index is 0.000000847. The molecule has 3 rings (SSSR count). The smallest absolute Gasteiger partial charge is 0.258 e. The van der Waals surface area contributed by atoms with Crippen molar-refractivity contribution in [1.29, 1.82) is 0 Å². The van der Waals surface area contributed by atoms with E-state index in [1.807, 2.05) is 62.4 Å². The van der Waals surface area contributed by atoms with Crippen LogP contribution >= 0.6 is 0 Å². The highest BCUT2D eigenvalue weighted by Crippen LogP contribution is 2.31. The van der Waals surface area contributed by atoms with E-state index < -0.39 is 0 Å².